The first-order chi connectivity index (χ1) is 10.3. The lowest BCUT2D eigenvalue weighted by Gasteiger charge is -2.16. The first-order valence-corrected chi connectivity index (χ1v) is 8.38. The Bertz CT molecular complexity index is 397. The van der Waals surface area contributed by atoms with Crippen LogP contribution in [0.25, 0.3) is 0 Å². The molecule has 2 N–H and O–H groups in total. The first kappa shape index (κ1) is 16.0. The van der Waals surface area contributed by atoms with E-state index in [2.05, 4.69) is 22.8 Å². The van der Waals surface area contributed by atoms with Crippen molar-refractivity contribution in [1.82, 2.24) is 10.6 Å². The number of carbonyl (C=O) groups excluding carboxylic acids is 1. The second-order valence-electron chi connectivity index (χ2n) is 5.98. The Kier molecular flexibility index (Phi) is 7.30. The van der Waals surface area contributed by atoms with E-state index in [0.29, 0.717) is 12.5 Å². The summed E-state index contributed by atoms with van der Waals surface area (Å²) < 4.78 is 0. The minimum Gasteiger partial charge on any atom is -0.355 e. The number of nitrogens with one attached hydrogen (secondary N) is 2. The smallest absolute Gasteiger partial charge is 0.220 e. The summed E-state index contributed by atoms with van der Waals surface area (Å²) in [6.45, 7) is 1.63. The SMILES string of the molecule is O=C(CCc1ccccc1)NCCNC1CCCCCC1. The summed E-state index contributed by atoms with van der Waals surface area (Å²) in [5.41, 5.74) is 1.23. The number of hydrogen-bond acceptors (Lipinski definition) is 2. The van der Waals surface area contributed by atoms with Gasteiger partial charge in [-0.3, -0.25) is 4.79 Å². The van der Waals surface area contributed by atoms with Gasteiger partial charge in [0.15, 0.2) is 0 Å². The molecule has 0 spiro atoms. The zero-order valence-electron chi connectivity index (χ0n) is 12.9. The summed E-state index contributed by atoms with van der Waals surface area (Å²) in [4.78, 5) is 11.8. The zero-order valence-corrected chi connectivity index (χ0v) is 12.9. The van der Waals surface area contributed by atoms with Crippen LogP contribution < -0.4 is 10.6 Å². The van der Waals surface area contributed by atoms with Gasteiger partial charge in [0, 0.05) is 25.6 Å². The van der Waals surface area contributed by atoms with E-state index in [1.807, 2.05) is 18.2 Å². The molecule has 3 nitrogen and oxygen atoms in total. The molecule has 1 aromatic rings. The quantitative estimate of drug-likeness (QED) is 0.598. The Labute approximate surface area is 128 Å². The third-order valence-corrected chi connectivity index (χ3v) is 4.22. The Morgan fingerprint density at radius 1 is 1.00 bits per heavy atom. The van der Waals surface area contributed by atoms with Crippen LogP contribution in [0.2, 0.25) is 0 Å². The van der Waals surface area contributed by atoms with Crippen molar-refractivity contribution in [2.24, 2.45) is 0 Å². The van der Waals surface area contributed by atoms with E-state index in [-0.39, 0.29) is 5.91 Å². The molecule has 1 aliphatic rings. The summed E-state index contributed by atoms with van der Waals surface area (Å²) in [6.07, 6.45) is 9.45. The summed E-state index contributed by atoms with van der Waals surface area (Å²) in [5, 5.41) is 6.58. The molecule has 0 radical (unpaired) electrons. The van der Waals surface area contributed by atoms with E-state index in [1.54, 1.807) is 0 Å². The van der Waals surface area contributed by atoms with Crippen LogP contribution in [0.15, 0.2) is 30.3 Å². The van der Waals surface area contributed by atoms with Crippen molar-refractivity contribution in [3.63, 3.8) is 0 Å². The fourth-order valence-electron chi connectivity index (χ4n) is 2.95. The number of benzene rings is 1. The van der Waals surface area contributed by atoms with Crippen molar-refractivity contribution in [3.8, 4) is 0 Å². The lowest BCUT2D eigenvalue weighted by Crippen LogP contribution is -2.36. The van der Waals surface area contributed by atoms with E-state index in [9.17, 15) is 4.79 Å². The molecule has 1 saturated carbocycles. The summed E-state index contributed by atoms with van der Waals surface area (Å²) >= 11 is 0. The number of amides is 1. The van der Waals surface area contributed by atoms with Crippen LogP contribution in [-0.2, 0) is 11.2 Å². The van der Waals surface area contributed by atoms with Crippen LogP contribution in [-0.4, -0.2) is 25.0 Å². The van der Waals surface area contributed by atoms with Gasteiger partial charge in [0.05, 0.1) is 0 Å². The van der Waals surface area contributed by atoms with Gasteiger partial charge in [-0.2, -0.15) is 0 Å². The van der Waals surface area contributed by atoms with Crippen molar-refractivity contribution in [1.29, 1.82) is 0 Å². The van der Waals surface area contributed by atoms with Crippen molar-refractivity contribution >= 4 is 5.91 Å². The fraction of sp³-hybridized carbons (Fsp3) is 0.611. The maximum Gasteiger partial charge on any atom is 0.220 e. The highest BCUT2D eigenvalue weighted by molar-refractivity contribution is 5.76. The molecule has 0 aliphatic heterocycles. The molecule has 0 atom stereocenters. The fourth-order valence-corrected chi connectivity index (χ4v) is 2.95. The zero-order chi connectivity index (χ0) is 14.8. The highest BCUT2D eigenvalue weighted by Gasteiger charge is 2.10. The van der Waals surface area contributed by atoms with E-state index in [4.69, 9.17) is 0 Å². The van der Waals surface area contributed by atoms with Gasteiger partial charge in [-0.1, -0.05) is 56.0 Å². The molecule has 116 valence electrons. The first-order valence-electron chi connectivity index (χ1n) is 8.38. The van der Waals surface area contributed by atoms with E-state index < -0.39 is 0 Å². The highest BCUT2D eigenvalue weighted by Crippen LogP contribution is 2.16. The molecule has 3 heteroatoms. The third-order valence-electron chi connectivity index (χ3n) is 4.22. The third kappa shape index (κ3) is 6.76. The second-order valence-corrected chi connectivity index (χ2v) is 5.98. The molecule has 1 fully saturated rings. The van der Waals surface area contributed by atoms with E-state index in [1.165, 1.54) is 44.1 Å². The summed E-state index contributed by atoms with van der Waals surface area (Å²) in [6, 6.07) is 10.8. The van der Waals surface area contributed by atoms with Crippen LogP contribution in [0.4, 0.5) is 0 Å². The van der Waals surface area contributed by atoms with Crippen molar-refractivity contribution in [2.75, 3.05) is 13.1 Å². The maximum absolute atomic E-state index is 11.8. The van der Waals surface area contributed by atoms with Crippen molar-refractivity contribution in [3.05, 3.63) is 35.9 Å². The average Bonchev–Trinajstić information content (AvgIpc) is 2.79. The van der Waals surface area contributed by atoms with Crippen molar-refractivity contribution < 1.29 is 4.79 Å². The van der Waals surface area contributed by atoms with Crippen LogP contribution in [0.1, 0.15) is 50.5 Å². The topological polar surface area (TPSA) is 41.1 Å². The lowest BCUT2D eigenvalue weighted by atomic mass is 10.1. The molecular weight excluding hydrogens is 260 g/mol. The Hall–Kier alpha value is -1.35. The molecule has 0 unspecified atom stereocenters. The van der Waals surface area contributed by atoms with Gasteiger partial charge in [0.1, 0.15) is 0 Å². The van der Waals surface area contributed by atoms with Crippen molar-refractivity contribution in [2.45, 2.75) is 57.4 Å². The minimum absolute atomic E-state index is 0.154. The Morgan fingerprint density at radius 2 is 1.71 bits per heavy atom. The van der Waals surface area contributed by atoms with Gasteiger partial charge in [-0.05, 0) is 24.8 Å². The van der Waals surface area contributed by atoms with Crippen LogP contribution in [0.3, 0.4) is 0 Å². The van der Waals surface area contributed by atoms with Gasteiger partial charge < -0.3 is 10.6 Å². The molecule has 0 bridgehead atoms. The molecule has 21 heavy (non-hydrogen) atoms. The predicted octanol–water partition coefficient (Wildman–Crippen LogP) is 3.05. The Morgan fingerprint density at radius 3 is 2.43 bits per heavy atom. The number of carbonyl (C=O) groups is 1. The molecule has 0 heterocycles. The molecule has 1 amide bonds. The number of aryl methyl sites for hydroxylation is 1. The van der Waals surface area contributed by atoms with Crippen LogP contribution >= 0.6 is 0 Å². The monoisotopic (exact) mass is 288 g/mol. The molecule has 0 saturated heterocycles. The van der Waals surface area contributed by atoms with Gasteiger partial charge >= 0.3 is 0 Å². The number of hydrogen-bond donors (Lipinski definition) is 2. The molecule has 2 rings (SSSR count). The molecule has 1 aromatic carbocycles. The second kappa shape index (κ2) is 9.56. The summed E-state index contributed by atoms with van der Waals surface area (Å²) in [7, 11) is 0. The van der Waals surface area contributed by atoms with Gasteiger partial charge in [-0.25, -0.2) is 0 Å². The van der Waals surface area contributed by atoms with Gasteiger partial charge in [0.25, 0.3) is 0 Å². The Balaban J connectivity index is 1.52. The van der Waals surface area contributed by atoms with Crippen LogP contribution in [0, 0.1) is 0 Å². The highest BCUT2D eigenvalue weighted by atomic mass is 16.1. The predicted molar refractivity (Wildman–Crippen MR) is 87.3 cm³/mol. The van der Waals surface area contributed by atoms with Crippen LogP contribution in [0.5, 0.6) is 0 Å². The minimum atomic E-state index is 0.154. The number of rotatable bonds is 7. The van der Waals surface area contributed by atoms with E-state index >= 15 is 0 Å². The van der Waals surface area contributed by atoms with Gasteiger partial charge in [0.2, 0.25) is 5.91 Å². The summed E-state index contributed by atoms with van der Waals surface area (Å²) in [5.74, 6) is 0.154. The average molecular weight is 288 g/mol. The standard InChI is InChI=1S/C18H28N2O/c21-18(13-12-16-8-4-3-5-9-16)20-15-14-19-17-10-6-1-2-7-11-17/h3-5,8-9,17,19H,1-2,6-7,10-15H2,(H,20,21). The molecule has 1 aliphatic carbocycles. The molecule has 0 aromatic heterocycles. The molecular formula is C18H28N2O. The maximum atomic E-state index is 11.8. The lowest BCUT2D eigenvalue weighted by molar-refractivity contribution is -0.121. The largest absolute Gasteiger partial charge is 0.355 e. The van der Waals surface area contributed by atoms with Gasteiger partial charge in [-0.15, -0.1) is 0 Å². The van der Waals surface area contributed by atoms with E-state index in [0.717, 1.165) is 19.5 Å². The normalized spacial score (nSPS) is 16.4.